The molecule has 1 heterocycles. The van der Waals surface area contributed by atoms with E-state index in [0.29, 0.717) is 11.6 Å². The van der Waals surface area contributed by atoms with Gasteiger partial charge in [-0.2, -0.15) is 27.2 Å². The third kappa shape index (κ3) is 4.88. The maximum Gasteiger partial charge on any atom is 0.417 e. The number of carbonyl (C=O) groups excluding carboxylic acids is 1. The van der Waals surface area contributed by atoms with Gasteiger partial charge in [-0.1, -0.05) is 18.2 Å². The molecule has 3 rings (SSSR count). The fourth-order valence-corrected chi connectivity index (χ4v) is 2.96. The van der Waals surface area contributed by atoms with Gasteiger partial charge in [0.1, 0.15) is 11.9 Å². The van der Waals surface area contributed by atoms with E-state index in [9.17, 15) is 31.1 Å². The second kappa shape index (κ2) is 8.70. The van der Waals surface area contributed by atoms with Gasteiger partial charge in [-0.15, -0.1) is 0 Å². The fourth-order valence-electron chi connectivity index (χ4n) is 2.96. The number of benzene rings is 2. The Kier molecular flexibility index (Phi) is 6.20. The Hall–Kier alpha value is -3.87. The monoisotopic (exact) mass is 449 g/mol. The average Bonchev–Trinajstić information content (AvgIpc) is 2.76. The summed E-state index contributed by atoms with van der Waals surface area (Å²) < 4.78 is 82.6. The van der Waals surface area contributed by atoms with Crippen LogP contribution >= 0.6 is 0 Å². The van der Waals surface area contributed by atoms with E-state index >= 15 is 0 Å². The van der Waals surface area contributed by atoms with Crippen molar-refractivity contribution in [3.8, 4) is 17.2 Å². The van der Waals surface area contributed by atoms with Gasteiger partial charge in [-0.3, -0.25) is 9.78 Å². The second-order valence-corrected chi connectivity index (χ2v) is 6.70. The number of aromatic nitrogens is 1. The first-order valence-corrected chi connectivity index (χ1v) is 9.01. The summed E-state index contributed by atoms with van der Waals surface area (Å²) in [6.45, 7) is -1.42. The van der Waals surface area contributed by atoms with Gasteiger partial charge in [0.25, 0.3) is 11.8 Å². The first kappa shape index (κ1) is 22.8. The summed E-state index contributed by atoms with van der Waals surface area (Å²) in [6, 6.07) is 9.80. The number of alkyl halides is 5. The van der Waals surface area contributed by atoms with Crippen LogP contribution in [0.2, 0.25) is 0 Å². The molecule has 0 radical (unpaired) electrons. The van der Waals surface area contributed by atoms with Crippen LogP contribution in [0.5, 0.6) is 0 Å². The SMILES string of the molecule is N#Cc1cncc(-c2ccc(C(F)(F)CNC(=O)c3ccccc3C(F)(F)F)c(F)c2)c1. The van der Waals surface area contributed by atoms with E-state index in [2.05, 4.69) is 4.98 Å². The molecule has 0 saturated heterocycles. The third-order valence-electron chi connectivity index (χ3n) is 4.51. The van der Waals surface area contributed by atoms with Crippen molar-refractivity contribution < 1.29 is 31.1 Å². The number of hydrogen-bond acceptors (Lipinski definition) is 3. The number of nitrogens with one attached hydrogen (secondary N) is 1. The van der Waals surface area contributed by atoms with Gasteiger partial charge >= 0.3 is 6.18 Å². The van der Waals surface area contributed by atoms with Gasteiger partial charge in [-0.25, -0.2) is 4.39 Å². The normalized spacial score (nSPS) is 11.7. The Labute approximate surface area is 178 Å². The van der Waals surface area contributed by atoms with Crippen molar-refractivity contribution in [3.05, 3.63) is 89.0 Å². The van der Waals surface area contributed by atoms with Crippen LogP contribution in [0, 0.1) is 17.1 Å². The number of amides is 1. The van der Waals surface area contributed by atoms with Gasteiger partial charge in [0.15, 0.2) is 0 Å². The van der Waals surface area contributed by atoms with Crippen molar-refractivity contribution in [1.82, 2.24) is 10.3 Å². The summed E-state index contributed by atoms with van der Waals surface area (Å²) in [7, 11) is 0. The minimum atomic E-state index is -4.85. The highest BCUT2D eigenvalue weighted by Crippen LogP contribution is 2.34. The van der Waals surface area contributed by atoms with Crippen molar-refractivity contribution in [2.24, 2.45) is 0 Å². The van der Waals surface area contributed by atoms with E-state index < -0.39 is 47.1 Å². The van der Waals surface area contributed by atoms with E-state index in [1.54, 1.807) is 5.32 Å². The lowest BCUT2D eigenvalue weighted by atomic mass is 10.0. The molecule has 0 spiro atoms. The van der Waals surface area contributed by atoms with E-state index in [1.165, 1.54) is 24.5 Å². The second-order valence-electron chi connectivity index (χ2n) is 6.70. The molecule has 0 saturated carbocycles. The lowest BCUT2D eigenvalue weighted by Gasteiger charge is -2.19. The van der Waals surface area contributed by atoms with Crippen molar-refractivity contribution in [2.45, 2.75) is 12.1 Å². The minimum absolute atomic E-state index is 0.190. The molecule has 0 aliphatic rings. The molecule has 0 bridgehead atoms. The summed E-state index contributed by atoms with van der Waals surface area (Å²) in [5.41, 5.74) is -2.43. The molecule has 0 aliphatic carbocycles. The van der Waals surface area contributed by atoms with Crippen LogP contribution in [-0.2, 0) is 12.1 Å². The molecular weight excluding hydrogens is 436 g/mol. The first-order chi connectivity index (χ1) is 15.0. The van der Waals surface area contributed by atoms with Crippen LogP contribution < -0.4 is 5.32 Å². The average molecular weight is 449 g/mol. The smallest absolute Gasteiger partial charge is 0.346 e. The predicted octanol–water partition coefficient (Wildman–Crippen LogP) is 5.30. The van der Waals surface area contributed by atoms with Crippen LogP contribution in [-0.4, -0.2) is 17.4 Å². The Morgan fingerprint density at radius 1 is 0.969 bits per heavy atom. The number of halogens is 6. The molecule has 0 unspecified atom stereocenters. The Morgan fingerprint density at radius 3 is 2.34 bits per heavy atom. The number of hydrogen-bond donors (Lipinski definition) is 1. The van der Waals surface area contributed by atoms with Gasteiger partial charge in [-0.05, 0) is 35.9 Å². The summed E-state index contributed by atoms with van der Waals surface area (Å²) in [5, 5.41) is 10.6. The summed E-state index contributed by atoms with van der Waals surface area (Å²) >= 11 is 0. The van der Waals surface area contributed by atoms with Crippen LogP contribution in [0.3, 0.4) is 0 Å². The van der Waals surface area contributed by atoms with Gasteiger partial charge in [0.2, 0.25) is 0 Å². The van der Waals surface area contributed by atoms with E-state index in [-0.39, 0.29) is 11.1 Å². The summed E-state index contributed by atoms with van der Waals surface area (Å²) in [6.07, 6.45) is -2.25. The Balaban J connectivity index is 1.80. The molecule has 4 nitrogen and oxygen atoms in total. The number of pyridine rings is 1. The highest BCUT2D eigenvalue weighted by Gasteiger charge is 2.38. The molecule has 1 aromatic heterocycles. The Bertz CT molecular complexity index is 1200. The van der Waals surface area contributed by atoms with Crippen molar-refractivity contribution >= 4 is 5.91 Å². The van der Waals surface area contributed by atoms with Crippen LogP contribution in [0.4, 0.5) is 26.3 Å². The maximum atomic E-state index is 14.5. The van der Waals surface area contributed by atoms with Gasteiger partial charge < -0.3 is 5.32 Å². The first-order valence-electron chi connectivity index (χ1n) is 9.01. The number of rotatable bonds is 5. The highest BCUT2D eigenvalue weighted by molar-refractivity contribution is 5.95. The predicted molar refractivity (Wildman–Crippen MR) is 102 cm³/mol. The zero-order valence-corrected chi connectivity index (χ0v) is 16.1. The minimum Gasteiger partial charge on any atom is -0.346 e. The molecule has 32 heavy (non-hydrogen) atoms. The molecule has 2 aromatic carbocycles. The lowest BCUT2D eigenvalue weighted by Crippen LogP contribution is -2.36. The van der Waals surface area contributed by atoms with E-state index in [0.717, 1.165) is 30.3 Å². The van der Waals surface area contributed by atoms with Crippen LogP contribution in [0.25, 0.3) is 11.1 Å². The molecule has 0 aliphatic heterocycles. The number of nitriles is 1. The quantitative estimate of drug-likeness (QED) is 0.538. The molecule has 1 amide bonds. The molecule has 1 N–H and O–H groups in total. The van der Waals surface area contributed by atoms with Crippen LogP contribution in [0.15, 0.2) is 60.9 Å². The zero-order chi connectivity index (χ0) is 23.5. The Morgan fingerprint density at radius 2 is 1.69 bits per heavy atom. The molecule has 164 valence electrons. The van der Waals surface area contributed by atoms with Gasteiger partial charge in [0.05, 0.1) is 28.8 Å². The van der Waals surface area contributed by atoms with E-state index in [1.807, 2.05) is 6.07 Å². The maximum absolute atomic E-state index is 14.5. The molecular formula is C22H13F6N3O. The standard InChI is InChI=1S/C22H13F6N3O/c23-19-8-14(15-7-13(9-29)10-30-11-15)5-6-18(19)21(24,25)12-31-20(32)16-3-1-2-4-17(16)22(26,27)28/h1-8,10-11H,12H2,(H,31,32). The highest BCUT2D eigenvalue weighted by atomic mass is 19.4. The zero-order valence-electron chi connectivity index (χ0n) is 16.1. The third-order valence-corrected chi connectivity index (χ3v) is 4.51. The summed E-state index contributed by atoms with van der Waals surface area (Å²) in [4.78, 5) is 15.9. The number of nitrogens with zero attached hydrogens (tertiary/aromatic N) is 2. The number of carbonyl (C=O) groups is 1. The summed E-state index contributed by atoms with van der Waals surface area (Å²) in [5.74, 6) is -6.56. The molecule has 10 heteroatoms. The van der Waals surface area contributed by atoms with Crippen molar-refractivity contribution in [3.63, 3.8) is 0 Å². The largest absolute Gasteiger partial charge is 0.417 e. The lowest BCUT2D eigenvalue weighted by molar-refractivity contribution is -0.137. The van der Waals surface area contributed by atoms with Crippen molar-refractivity contribution in [1.29, 1.82) is 5.26 Å². The topological polar surface area (TPSA) is 65.8 Å². The van der Waals surface area contributed by atoms with E-state index in [4.69, 9.17) is 5.26 Å². The van der Waals surface area contributed by atoms with Gasteiger partial charge in [0, 0.05) is 18.0 Å². The molecule has 0 atom stereocenters. The fraction of sp³-hybridized carbons (Fsp3) is 0.136. The molecule has 3 aromatic rings. The van der Waals surface area contributed by atoms with Crippen molar-refractivity contribution in [2.75, 3.05) is 6.54 Å². The molecule has 0 fully saturated rings. The van der Waals surface area contributed by atoms with Crippen LogP contribution in [0.1, 0.15) is 27.0 Å².